The molecule has 0 saturated carbocycles. The van der Waals surface area contributed by atoms with Crippen molar-refractivity contribution in [2.24, 2.45) is 0 Å². The maximum absolute atomic E-state index is 12.7. The fourth-order valence-electron chi connectivity index (χ4n) is 3.61. The molecular weight excluding hydrogens is 388 g/mol. The number of carbonyl (C=O) groups is 2. The van der Waals surface area contributed by atoms with Crippen LogP contribution in [0.1, 0.15) is 27.1 Å². The van der Waals surface area contributed by atoms with Crippen molar-refractivity contribution >= 4 is 11.8 Å². The first-order chi connectivity index (χ1) is 14.6. The maximum Gasteiger partial charge on any atom is 0.261 e. The van der Waals surface area contributed by atoms with Crippen molar-refractivity contribution in [3.63, 3.8) is 0 Å². The number of nitrogens with zero attached hydrogens (tertiary/aromatic N) is 1. The van der Waals surface area contributed by atoms with E-state index in [1.807, 2.05) is 24.3 Å². The van der Waals surface area contributed by atoms with Crippen molar-refractivity contribution in [3.05, 3.63) is 47.5 Å². The number of amides is 2. The highest BCUT2D eigenvalue weighted by molar-refractivity contribution is 6.21. The molecule has 2 aliphatic rings. The molecule has 0 saturated heterocycles. The van der Waals surface area contributed by atoms with Gasteiger partial charge in [-0.2, -0.15) is 0 Å². The van der Waals surface area contributed by atoms with Gasteiger partial charge in [-0.15, -0.1) is 0 Å². The Labute approximate surface area is 174 Å². The molecule has 1 atom stereocenters. The van der Waals surface area contributed by atoms with Crippen LogP contribution in [0.5, 0.6) is 23.0 Å². The molecule has 0 aromatic heterocycles. The Morgan fingerprint density at radius 2 is 1.67 bits per heavy atom. The highest BCUT2D eigenvalue weighted by Gasteiger charge is 2.36. The van der Waals surface area contributed by atoms with Crippen molar-refractivity contribution in [3.8, 4) is 23.0 Å². The molecule has 2 aliphatic heterocycles. The predicted molar refractivity (Wildman–Crippen MR) is 109 cm³/mol. The summed E-state index contributed by atoms with van der Waals surface area (Å²) in [4.78, 5) is 26.6. The first-order valence-corrected chi connectivity index (χ1v) is 9.83. The normalized spacial score (nSPS) is 17.1. The second-order valence-corrected chi connectivity index (χ2v) is 7.07. The largest absolute Gasteiger partial charge is 0.493 e. The minimum Gasteiger partial charge on any atom is -0.493 e. The van der Waals surface area contributed by atoms with Crippen molar-refractivity contribution in [1.82, 2.24) is 10.2 Å². The van der Waals surface area contributed by atoms with Crippen LogP contribution in [0.2, 0.25) is 0 Å². The van der Waals surface area contributed by atoms with E-state index >= 15 is 0 Å². The van der Waals surface area contributed by atoms with Gasteiger partial charge in [-0.05, 0) is 37.2 Å². The number of hydrogen-bond donors (Lipinski definition) is 1. The molecule has 158 valence electrons. The molecule has 0 bridgehead atoms. The summed E-state index contributed by atoms with van der Waals surface area (Å²) < 4.78 is 22.1. The van der Waals surface area contributed by atoms with Crippen LogP contribution in [0.15, 0.2) is 36.4 Å². The summed E-state index contributed by atoms with van der Waals surface area (Å²) in [5.41, 5.74) is 0.689. The predicted octanol–water partition coefficient (Wildman–Crippen LogP) is 2.12. The van der Waals surface area contributed by atoms with E-state index in [2.05, 4.69) is 5.32 Å². The van der Waals surface area contributed by atoms with E-state index in [9.17, 15) is 9.59 Å². The van der Waals surface area contributed by atoms with E-state index in [1.54, 1.807) is 12.1 Å². The average molecular weight is 412 g/mol. The number of imide groups is 1. The number of carbonyl (C=O) groups excluding carboxylic acids is 2. The molecule has 2 aromatic rings. The Morgan fingerprint density at radius 3 is 2.30 bits per heavy atom. The van der Waals surface area contributed by atoms with E-state index in [0.29, 0.717) is 55.3 Å². The lowest BCUT2D eigenvalue weighted by atomic mass is 10.1. The van der Waals surface area contributed by atoms with Gasteiger partial charge in [0, 0.05) is 13.1 Å². The van der Waals surface area contributed by atoms with Crippen LogP contribution < -0.4 is 24.3 Å². The van der Waals surface area contributed by atoms with Crippen LogP contribution in [-0.4, -0.2) is 63.3 Å². The van der Waals surface area contributed by atoms with Crippen LogP contribution >= 0.6 is 0 Å². The molecule has 0 radical (unpaired) electrons. The van der Waals surface area contributed by atoms with E-state index in [-0.39, 0.29) is 17.9 Å². The number of ether oxygens (including phenoxy) is 4. The number of nitrogens with one attached hydrogen (secondary N) is 1. The van der Waals surface area contributed by atoms with E-state index < -0.39 is 0 Å². The maximum atomic E-state index is 12.7. The van der Waals surface area contributed by atoms with Crippen LogP contribution in [0.3, 0.4) is 0 Å². The number of methoxy groups -OCH3 is 2. The molecule has 8 heteroatoms. The van der Waals surface area contributed by atoms with Gasteiger partial charge in [-0.25, -0.2) is 0 Å². The third-order valence-corrected chi connectivity index (χ3v) is 5.15. The van der Waals surface area contributed by atoms with Gasteiger partial charge < -0.3 is 24.3 Å². The molecule has 4 rings (SSSR count). The van der Waals surface area contributed by atoms with Gasteiger partial charge in [0.2, 0.25) is 0 Å². The molecule has 0 fully saturated rings. The van der Waals surface area contributed by atoms with Crippen molar-refractivity contribution in [2.75, 3.05) is 40.5 Å². The number of para-hydroxylation sites is 2. The van der Waals surface area contributed by atoms with E-state index in [1.165, 1.54) is 19.1 Å². The van der Waals surface area contributed by atoms with Crippen molar-refractivity contribution < 1.29 is 28.5 Å². The quantitative estimate of drug-likeness (QED) is 0.525. The molecule has 8 nitrogen and oxygen atoms in total. The summed E-state index contributed by atoms with van der Waals surface area (Å²) in [5, 5.41) is 3.30. The first kappa shape index (κ1) is 20.0. The molecule has 2 amide bonds. The molecule has 1 unspecified atom stereocenters. The van der Waals surface area contributed by atoms with Gasteiger partial charge in [0.25, 0.3) is 11.8 Å². The minimum atomic E-state index is -0.309. The topological polar surface area (TPSA) is 86.3 Å². The summed E-state index contributed by atoms with van der Waals surface area (Å²) in [7, 11) is 2.99. The smallest absolute Gasteiger partial charge is 0.261 e. The lowest BCUT2D eigenvalue weighted by Gasteiger charge is -2.26. The third-order valence-electron chi connectivity index (χ3n) is 5.15. The van der Waals surface area contributed by atoms with Gasteiger partial charge in [0.1, 0.15) is 12.7 Å². The van der Waals surface area contributed by atoms with Crippen LogP contribution in [0.25, 0.3) is 0 Å². The lowest BCUT2D eigenvalue weighted by Crippen LogP contribution is -2.39. The minimum absolute atomic E-state index is 0.0841. The van der Waals surface area contributed by atoms with E-state index in [4.69, 9.17) is 18.9 Å². The SMILES string of the molecule is COc1cc2c(cc1OC)C(=O)N(CCCNCC1COc3ccccc3O1)C2=O. The number of rotatable bonds is 8. The summed E-state index contributed by atoms with van der Waals surface area (Å²) in [5.74, 6) is 1.74. The molecule has 2 heterocycles. The van der Waals surface area contributed by atoms with Crippen LogP contribution in [0.4, 0.5) is 0 Å². The average Bonchev–Trinajstić information content (AvgIpc) is 3.01. The second-order valence-electron chi connectivity index (χ2n) is 7.07. The second kappa shape index (κ2) is 8.62. The van der Waals surface area contributed by atoms with Gasteiger partial charge in [0.05, 0.1) is 25.3 Å². The highest BCUT2D eigenvalue weighted by Crippen LogP contribution is 2.35. The first-order valence-electron chi connectivity index (χ1n) is 9.83. The van der Waals surface area contributed by atoms with Crippen LogP contribution in [-0.2, 0) is 0 Å². The number of benzene rings is 2. The van der Waals surface area contributed by atoms with Gasteiger partial charge >= 0.3 is 0 Å². The Morgan fingerprint density at radius 1 is 1.03 bits per heavy atom. The molecular formula is C22H24N2O6. The summed E-state index contributed by atoms with van der Waals surface area (Å²) >= 11 is 0. The summed E-state index contributed by atoms with van der Waals surface area (Å²) in [6.07, 6.45) is 0.545. The number of fused-ring (bicyclic) bond motifs is 2. The van der Waals surface area contributed by atoms with Gasteiger partial charge in [-0.3, -0.25) is 14.5 Å². The van der Waals surface area contributed by atoms with Gasteiger partial charge in [0.15, 0.2) is 23.0 Å². The Hall–Kier alpha value is -3.26. The zero-order valence-corrected chi connectivity index (χ0v) is 17.0. The zero-order chi connectivity index (χ0) is 21.1. The molecule has 0 spiro atoms. The fraction of sp³-hybridized carbons (Fsp3) is 0.364. The molecule has 0 aliphatic carbocycles. The lowest BCUT2D eigenvalue weighted by molar-refractivity contribution is 0.0650. The fourth-order valence-corrected chi connectivity index (χ4v) is 3.61. The Bertz CT molecular complexity index is 918. The van der Waals surface area contributed by atoms with Crippen molar-refractivity contribution in [1.29, 1.82) is 0 Å². The summed E-state index contributed by atoms with van der Waals surface area (Å²) in [6, 6.07) is 10.7. The van der Waals surface area contributed by atoms with Gasteiger partial charge in [-0.1, -0.05) is 12.1 Å². The standard InChI is InChI=1S/C22H24N2O6/c1-27-19-10-15-16(11-20(19)28-2)22(26)24(21(15)25)9-5-8-23-12-14-13-29-17-6-3-4-7-18(17)30-14/h3-4,6-7,10-11,14,23H,5,8-9,12-13H2,1-2H3. The monoisotopic (exact) mass is 412 g/mol. The van der Waals surface area contributed by atoms with Crippen LogP contribution in [0, 0.1) is 0 Å². The van der Waals surface area contributed by atoms with Crippen molar-refractivity contribution in [2.45, 2.75) is 12.5 Å². The third kappa shape index (κ3) is 3.78. The molecule has 1 N–H and O–H groups in total. The van der Waals surface area contributed by atoms with E-state index in [0.717, 1.165) is 11.5 Å². The molecule has 2 aromatic carbocycles. The summed E-state index contributed by atoms with van der Waals surface area (Å²) in [6.45, 7) is 2.06. The zero-order valence-electron chi connectivity index (χ0n) is 17.0. The number of hydrogen-bond acceptors (Lipinski definition) is 7. The molecule has 30 heavy (non-hydrogen) atoms. The highest BCUT2D eigenvalue weighted by atomic mass is 16.6. The Kier molecular flexibility index (Phi) is 5.76. The Balaban J connectivity index is 1.27.